The van der Waals surface area contributed by atoms with Crippen molar-refractivity contribution >= 4 is 6.08 Å². The summed E-state index contributed by atoms with van der Waals surface area (Å²) in [6.07, 6.45) is 1.35. The number of hydrogen-bond acceptors (Lipinski definition) is 3. The molecule has 0 bridgehead atoms. The Balaban J connectivity index is 2.98. The number of phenols is 1. The zero-order chi connectivity index (χ0) is 11.4. The van der Waals surface area contributed by atoms with E-state index in [1.807, 2.05) is 19.1 Å². The van der Waals surface area contributed by atoms with Gasteiger partial charge in [-0.25, -0.2) is 0 Å². The topological polar surface area (TPSA) is 49.7 Å². The Morgan fingerprint density at radius 3 is 2.60 bits per heavy atom. The highest BCUT2D eigenvalue weighted by Gasteiger charge is 2.02. The normalized spacial score (nSPS) is 13.7. The minimum atomic E-state index is -0.478. The van der Waals surface area contributed by atoms with Crippen molar-refractivity contribution in [2.24, 2.45) is 0 Å². The predicted octanol–water partition coefficient (Wildman–Crippen LogP) is 2.18. The van der Waals surface area contributed by atoms with Gasteiger partial charge in [0.15, 0.2) is 11.5 Å². The molecule has 0 radical (unpaired) electrons. The molecule has 0 aliphatic rings. The Hall–Kier alpha value is -1.48. The standard InChI is InChI=1S/C12H16O3/c1-8(9(2)13)6-10-4-5-12(15-3)11(14)7-10/h4-7,9,13-14H,1-3H3/b8-6-. The molecule has 3 nitrogen and oxygen atoms in total. The van der Waals surface area contributed by atoms with Gasteiger partial charge in [-0.1, -0.05) is 12.1 Å². The first kappa shape index (κ1) is 11.6. The van der Waals surface area contributed by atoms with Crippen molar-refractivity contribution in [3.8, 4) is 11.5 Å². The van der Waals surface area contributed by atoms with Crippen LogP contribution >= 0.6 is 0 Å². The Morgan fingerprint density at radius 2 is 2.13 bits per heavy atom. The number of aliphatic hydroxyl groups is 1. The second kappa shape index (κ2) is 4.84. The van der Waals surface area contributed by atoms with Gasteiger partial charge in [-0.3, -0.25) is 0 Å². The number of phenolic OH excluding ortho intramolecular Hbond substituents is 1. The van der Waals surface area contributed by atoms with Crippen molar-refractivity contribution in [2.75, 3.05) is 7.11 Å². The number of benzene rings is 1. The van der Waals surface area contributed by atoms with Gasteiger partial charge in [0.05, 0.1) is 13.2 Å². The van der Waals surface area contributed by atoms with Gasteiger partial charge in [0.25, 0.3) is 0 Å². The van der Waals surface area contributed by atoms with Gasteiger partial charge in [-0.05, 0) is 37.1 Å². The fraction of sp³-hybridized carbons (Fsp3) is 0.333. The third-order valence-corrected chi connectivity index (χ3v) is 2.26. The Labute approximate surface area is 89.6 Å². The Morgan fingerprint density at radius 1 is 1.47 bits per heavy atom. The summed E-state index contributed by atoms with van der Waals surface area (Å²) >= 11 is 0. The number of aromatic hydroxyl groups is 1. The van der Waals surface area contributed by atoms with Crippen LogP contribution in [-0.4, -0.2) is 23.4 Å². The summed E-state index contributed by atoms with van der Waals surface area (Å²) in [6.45, 7) is 3.54. The molecular weight excluding hydrogens is 192 g/mol. The summed E-state index contributed by atoms with van der Waals surface area (Å²) in [4.78, 5) is 0. The molecule has 0 fully saturated rings. The molecule has 82 valence electrons. The largest absolute Gasteiger partial charge is 0.504 e. The smallest absolute Gasteiger partial charge is 0.160 e. The number of ether oxygens (including phenoxy) is 1. The van der Waals surface area contributed by atoms with Crippen LogP contribution < -0.4 is 4.74 Å². The molecule has 3 heteroatoms. The lowest BCUT2D eigenvalue weighted by atomic mass is 10.1. The highest BCUT2D eigenvalue weighted by molar-refractivity contribution is 5.57. The van der Waals surface area contributed by atoms with Gasteiger partial charge in [0.1, 0.15) is 0 Å². The van der Waals surface area contributed by atoms with Crippen molar-refractivity contribution in [1.82, 2.24) is 0 Å². The summed E-state index contributed by atoms with van der Waals surface area (Å²) in [5, 5.41) is 18.8. The molecule has 1 rings (SSSR count). The Kier molecular flexibility index (Phi) is 3.74. The lowest BCUT2D eigenvalue weighted by Crippen LogP contribution is -2.00. The van der Waals surface area contributed by atoms with E-state index < -0.39 is 6.10 Å². The molecule has 15 heavy (non-hydrogen) atoms. The van der Waals surface area contributed by atoms with E-state index >= 15 is 0 Å². The van der Waals surface area contributed by atoms with Gasteiger partial charge < -0.3 is 14.9 Å². The first-order valence-electron chi connectivity index (χ1n) is 4.78. The third-order valence-electron chi connectivity index (χ3n) is 2.26. The lowest BCUT2D eigenvalue weighted by molar-refractivity contribution is 0.232. The maximum atomic E-state index is 9.53. The van der Waals surface area contributed by atoms with Gasteiger partial charge >= 0.3 is 0 Å². The van der Waals surface area contributed by atoms with Crippen molar-refractivity contribution in [1.29, 1.82) is 0 Å². The van der Waals surface area contributed by atoms with Crippen molar-refractivity contribution in [3.05, 3.63) is 29.3 Å². The average molecular weight is 208 g/mol. The minimum absolute atomic E-state index is 0.102. The SMILES string of the molecule is COc1ccc(/C=C(/C)C(C)O)cc1O. The molecular formula is C12H16O3. The van der Waals surface area contributed by atoms with Crippen molar-refractivity contribution in [2.45, 2.75) is 20.0 Å². The summed E-state index contributed by atoms with van der Waals surface area (Å²) in [6, 6.07) is 5.12. The fourth-order valence-electron chi connectivity index (χ4n) is 1.18. The second-order valence-corrected chi connectivity index (χ2v) is 3.50. The summed E-state index contributed by atoms with van der Waals surface area (Å²) in [5.41, 5.74) is 1.69. The van der Waals surface area contributed by atoms with Crippen LogP contribution in [0, 0.1) is 0 Å². The van der Waals surface area contributed by atoms with Crippen LogP contribution in [0.4, 0.5) is 0 Å². The highest BCUT2D eigenvalue weighted by Crippen LogP contribution is 2.27. The zero-order valence-corrected chi connectivity index (χ0v) is 9.19. The summed E-state index contributed by atoms with van der Waals surface area (Å²) in [7, 11) is 1.51. The van der Waals surface area contributed by atoms with E-state index in [1.54, 1.807) is 19.1 Å². The van der Waals surface area contributed by atoms with Gasteiger partial charge in [0, 0.05) is 0 Å². The van der Waals surface area contributed by atoms with Crippen LogP contribution in [-0.2, 0) is 0 Å². The lowest BCUT2D eigenvalue weighted by Gasteiger charge is -2.06. The van der Waals surface area contributed by atoms with E-state index in [0.29, 0.717) is 5.75 Å². The molecule has 0 aliphatic heterocycles. The van der Waals surface area contributed by atoms with Crippen LogP contribution in [0.25, 0.3) is 6.08 Å². The van der Waals surface area contributed by atoms with Gasteiger partial charge in [0.2, 0.25) is 0 Å². The highest BCUT2D eigenvalue weighted by atomic mass is 16.5. The average Bonchev–Trinajstić information content (AvgIpc) is 2.18. The van der Waals surface area contributed by atoms with E-state index in [2.05, 4.69) is 0 Å². The third kappa shape index (κ3) is 2.99. The number of methoxy groups -OCH3 is 1. The summed E-state index contributed by atoms with van der Waals surface area (Å²) < 4.78 is 4.93. The molecule has 2 N–H and O–H groups in total. The van der Waals surface area contributed by atoms with E-state index in [4.69, 9.17) is 4.74 Å². The van der Waals surface area contributed by atoms with Crippen molar-refractivity contribution < 1.29 is 14.9 Å². The van der Waals surface area contributed by atoms with Crippen LogP contribution in [0.5, 0.6) is 11.5 Å². The minimum Gasteiger partial charge on any atom is -0.504 e. The molecule has 1 aromatic carbocycles. The number of hydrogen-bond donors (Lipinski definition) is 2. The molecule has 0 saturated carbocycles. The van der Waals surface area contributed by atoms with Crippen molar-refractivity contribution in [3.63, 3.8) is 0 Å². The zero-order valence-electron chi connectivity index (χ0n) is 9.19. The number of rotatable bonds is 3. The summed E-state index contributed by atoms with van der Waals surface area (Å²) in [5.74, 6) is 0.548. The molecule has 1 aromatic rings. The first-order valence-corrected chi connectivity index (χ1v) is 4.78. The quantitative estimate of drug-likeness (QED) is 0.800. The van der Waals surface area contributed by atoms with Crippen LogP contribution in [0.2, 0.25) is 0 Å². The molecule has 0 spiro atoms. The maximum Gasteiger partial charge on any atom is 0.160 e. The molecule has 1 atom stereocenters. The molecule has 0 aliphatic carbocycles. The predicted molar refractivity (Wildman–Crippen MR) is 60.0 cm³/mol. The molecule has 0 saturated heterocycles. The molecule has 0 amide bonds. The van der Waals surface area contributed by atoms with E-state index in [0.717, 1.165) is 11.1 Å². The first-order chi connectivity index (χ1) is 7.04. The van der Waals surface area contributed by atoms with Crippen LogP contribution in [0.15, 0.2) is 23.8 Å². The second-order valence-electron chi connectivity index (χ2n) is 3.50. The molecule has 0 aromatic heterocycles. The fourth-order valence-corrected chi connectivity index (χ4v) is 1.18. The van der Waals surface area contributed by atoms with E-state index in [9.17, 15) is 10.2 Å². The monoisotopic (exact) mass is 208 g/mol. The number of aliphatic hydroxyl groups excluding tert-OH is 1. The molecule has 1 unspecified atom stereocenters. The van der Waals surface area contributed by atoms with E-state index in [-0.39, 0.29) is 5.75 Å². The van der Waals surface area contributed by atoms with Gasteiger partial charge in [-0.2, -0.15) is 0 Å². The van der Waals surface area contributed by atoms with Gasteiger partial charge in [-0.15, -0.1) is 0 Å². The van der Waals surface area contributed by atoms with Crippen LogP contribution in [0.3, 0.4) is 0 Å². The van der Waals surface area contributed by atoms with Crippen LogP contribution in [0.1, 0.15) is 19.4 Å². The maximum absolute atomic E-state index is 9.53. The van der Waals surface area contributed by atoms with E-state index in [1.165, 1.54) is 7.11 Å². The Bertz CT molecular complexity index is 367. The molecule has 0 heterocycles.